The second kappa shape index (κ2) is 2.71. The normalized spacial score (nSPS) is 9.92. The fraction of sp³-hybridized carbons (Fsp3) is 0.100. The van der Waals surface area contributed by atoms with Crippen LogP contribution in [0.15, 0.2) is 34.9 Å². The number of benzene rings is 1. The molecule has 0 saturated heterocycles. The van der Waals surface area contributed by atoms with E-state index in [0.717, 1.165) is 16.5 Å². The van der Waals surface area contributed by atoms with E-state index in [4.69, 9.17) is 9.68 Å². The van der Waals surface area contributed by atoms with Crippen molar-refractivity contribution in [3.63, 3.8) is 0 Å². The third kappa shape index (κ3) is 0.960. The van der Waals surface area contributed by atoms with E-state index in [-0.39, 0.29) is 0 Å². The Morgan fingerprint density at radius 2 is 2.17 bits per heavy atom. The van der Waals surface area contributed by atoms with Gasteiger partial charge in [-0.3, -0.25) is 0 Å². The molecule has 0 unspecified atom stereocenters. The van der Waals surface area contributed by atoms with Gasteiger partial charge in [0.1, 0.15) is 5.76 Å². The van der Waals surface area contributed by atoms with E-state index in [1.165, 1.54) is 0 Å². The molecule has 0 aliphatic carbocycles. The molecule has 0 saturated carbocycles. The van der Waals surface area contributed by atoms with Gasteiger partial charge in [0, 0.05) is 10.8 Å². The van der Waals surface area contributed by atoms with Crippen molar-refractivity contribution >= 4 is 10.8 Å². The van der Waals surface area contributed by atoms with Crippen LogP contribution in [0, 0.1) is 11.3 Å². The second-order valence-electron chi connectivity index (χ2n) is 2.58. The Labute approximate surface area is 70.0 Å². The summed E-state index contributed by atoms with van der Waals surface area (Å²) in [6.45, 7) is 0. The molecular weight excluding hydrogens is 150 g/mol. The lowest BCUT2D eigenvalue weighted by Crippen LogP contribution is -1.75. The second-order valence-corrected chi connectivity index (χ2v) is 2.58. The van der Waals surface area contributed by atoms with E-state index in [9.17, 15) is 0 Å². The van der Waals surface area contributed by atoms with Crippen molar-refractivity contribution < 1.29 is 4.42 Å². The van der Waals surface area contributed by atoms with Crippen LogP contribution in [0.1, 0.15) is 5.76 Å². The summed E-state index contributed by atoms with van der Waals surface area (Å²) in [7, 11) is 0. The van der Waals surface area contributed by atoms with Gasteiger partial charge < -0.3 is 4.42 Å². The standard InChI is InChI=1S/C10H7NO/c11-6-5-10-9-4-2-1-3-8(9)7-12-10/h1-4,7H,5H2. The summed E-state index contributed by atoms with van der Waals surface area (Å²) in [6, 6.07) is 9.90. The highest BCUT2D eigenvalue weighted by atomic mass is 16.3. The average Bonchev–Trinajstić information content (AvgIpc) is 2.50. The van der Waals surface area contributed by atoms with Gasteiger partial charge >= 0.3 is 0 Å². The Morgan fingerprint density at radius 3 is 3.00 bits per heavy atom. The van der Waals surface area contributed by atoms with Gasteiger partial charge in [-0.25, -0.2) is 0 Å². The number of hydrogen-bond donors (Lipinski definition) is 0. The molecule has 12 heavy (non-hydrogen) atoms. The first-order chi connectivity index (χ1) is 5.92. The number of nitriles is 1. The fourth-order valence-corrected chi connectivity index (χ4v) is 1.26. The molecule has 2 rings (SSSR count). The van der Waals surface area contributed by atoms with E-state index in [0.29, 0.717) is 6.42 Å². The molecule has 0 N–H and O–H groups in total. The van der Waals surface area contributed by atoms with Crippen molar-refractivity contribution in [3.05, 3.63) is 36.3 Å². The minimum atomic E-state index is 0.341. The summed E-state index contributed by atoms with van der Waals surface area (Å²) in [5, 5.41) is 10.6. The quantitative estimate of drug-likeness (QED) is 0.637. The molecule has 0 radical (unpaired) electrons. The highest BCUT2D eigenvalue weighted by Crippen LogP contribution is 2.20. The SMILES string of the molecule is N#CCc1occ2ccccc12. The molecule has 0 bridgehead atoms. The zero-order chi connectivity index (χ0) is 8.39. The number of hydrogen-bond acceptors (Lipinski definition) is 2. The number of nitrogens with zero attached hydrogens (tertiary/aromatic N) is 1. The molecule has 0 amide bonds. The van der Waals surface area contributed by atoms with Gasteiger partial charge in [-0.2, -0.15) is 5.26 Å². The van der Waals surface area contributed by atoms with Crippen LogP contribution in [0.3, 0.4) is 0 Å². The topological polar surface area (TPSA) is 36.9 Å². The summed E-state index contributed by atoms with van der Waals surface area (Å²) in [5.41, 5.74) is 0. The maximum Gasteiger partial charge on any atom is 0.125 e. The number of rotatable bonds is 1. The zero-order valence-electron chi connectivity index (χ0n) is 6.45. The molecule has 58 valence electrons. The van der Waals surface area contributed by atoms with Crippen molar-refractivity contribution in [2.24, 2.45) is 0 Å². The molecule has 0 aliphatic heterocycles. The number of fused-ring (bicyclic) bond motifs is 1. The lowest BCUT2D eigenvalue weighted by atomic mass is 10.1. The van der Waals surface area contributed by atoms with Crippen LogP contribution in [0.5, 0.6) is 0 Å². The molecule has 1 heterocycles. The maximum absolute atomic E-state index is 8.49. The van der Waals surface area contributed by atoms with E-state index in [2.05, 4.69) is 6.07 Å². The van der Waals surface area contributed by atoms with Gasteiger partial charge in [0.2, 0.25) is 0 Å². The van der Waals surface area contributed by atoms with Crippen molar-refractivity contribution in [3.8, 4) is 6.07 Å². The molecule has 0 fully saturated rings. The van der Waals surface area contributed by atoms with Crippen molar-refractivity contribution in [1.29, 1.82) is 5.26 Å². The van der Waals surface area contributed by atoms with Gasteiger partial charge in [-0.05, 0) is 0 Å². The first kappa shape index (κ1) is 6.93. The smallest absolute Gasteiger partial charge is 0.125 e. The minimum absolute atomic E-state index is 0.341. The van der Waals surface area contributed by atoms with Crippen LogP contribution < -0.4 is 0 Å². The maximum atomic E-state index is 8.49. The lowest BCUT2D eigenvalue weighted by molar-refractivity contribution is 0.530. The molecule has 1 aromatic heterocycles. The highest BCUT2D eigenvalue weighted by molar-refractivity contribution is 5.84. The Kier molecular flexibility index (Phi) is 1.56. The Morgan fingerprint density at radius 1 is 1.33 bits per heavy atom. The van der Waals surface area contributed by atoms with E-state index in [1.807, 2.05) is 24.3 Å². The van der Waals surface area contributed by atoms with Crippen molar-refractivity contribution in [2.45, 2.75) is 6.42 Å². The zero-order valence-corrected chi connectivity index (χ0v) is 6.45. The first-order valence-corrected chi connectivity index (χ1v) is 3.74. The van der Waals surface area contributed by atoms with Crippen LogP contribution in [0.25, 0.3) is 10.8 Å². The fourth-order valence-electron chi connectivity index (χ4n) is 1.26. The average molecular weight is 157 g/mol. The van der Waals surface area contributed by atoms with Crippen LogP contribution in [-0.2, 0) is 6.42 Å². The molecule has 0 spiro atoms. The third-order valence-electron chi connectivity index (χ3n) is 1.83. The Bertz CT molecular complexity index is 436. The van der Waals surface area contributed by atoms with Crippen LogP contribution >= 0.6 is 0 Å². The molecule has 0 aliphatic rings. The van der Waals surface area contributed by atoms with Crippen molar-refractivity contribution in [2.75, 3.05) is 0 Å². The molecule has 0 atom stereocenters. The molecular formula is C10H7NO. The largest absolute Gasteiger partial charge is 0.467 e. The van der Waals surface area contributed by atoms with Crippen LogP contribution in [0.4, 0.5) is 0 Å². The van der Waals surface area contributed by atoms with Crippen LogP contribution in [-0.4, -0.2) is 0 Å². The summed E-state index contributed by atoms with van der Waals surface area (Å²) in [6.07, 6.45) is 2.02. The summed E-state index contributed by atoms with van der Waals surface area (Å²) in [5.74, 6) is 0.758. The van der Waals surface area contributed by atoms with Crippen molar-refractivity contribution in [1.82, 2.24) is 0 Å². The van der Waals surface area contributed by atoms with Gasteiger partial charge in [-0.1, -0.05) is 24.3 Å². The van der Waals surface area contributed by atoms with Gasteiger partial charge in [0.05, 0.1) is 18.8 Å². The van der Waals surface area contributed by atoms with E-state index in [1.54, 1.807) is 6.26 Å². The molecule has 2 nitrogen and oxygen atoms in total. The lowest BCUT2D eigenvalue weighted by Gasteiger charge is -1.87. The highest BCUT2D eigenvalue weighted by Gasteiger charge is 2.03. The van der Waals surface area contributed by atoms with Crippen LogP contribution in [0.2, 0.25) is 0 Å². The minimum Gasteiger partial charge on any atom is -0.467 e. The predicted molar refractivity (Wildman–Crippen MR) is 45.5 cm³/mol. The Hall–Kier alpha value is -1.75. The van der Waals surface area contributed by atoms with Gasteiger partial charge in [0.15, 0.2) is 0 Å². The first-order valence-electron chi connectivity index (χ1n) is 3.74. The molecule has 2 heteroatoms. The summed E-state index contributed by atoms with van der Waals surface area (Å²) < 4.78 is 5.23. The predicted octanol–water partition coefficient (Wildman–Crippen LogP) is 2.50. The monoisotopic (exact) mass is 157 g/mol. The number of furan rings is 1. The Balaban J connectivity index is 2.64. The van der Waals surface area contributed by atoms with Gasteiger partial charge in [0.25, 0.3) is 0 Å². The third-order valence-corrected chi connectivity index (χ3v) is 1.83. The van der Waals surface area contributed by atoms with Gasteiger partial charge in [-0.15, -0.1) is 0 Å². The summed E-state index contributed by atoms with van der Waals surface area (Å²) >= 11 is 0. The molecule has 1 aromatic carbocycles. The van der Waals surface area contributed by atoms with E-state index >= 15 is 0 Å². The summed E-state index contributed by atoms with van der Waals surface area (Å²) in [4.78, 5) is 0. The molecule has 2 aromatic rings. The van der Waals surface area contributed by atoms with E-state index < -0.39 is 0 Å².